The number of carbonyl (C=O) groups is 1. The van der Waals surface area contributed by atoms with Crippen molar-refractivity contribution >= 4 is 17.9 Å². The number of anilines is 2. The van der Waals surface area contributed by atoms with Gasteiger partial charge in [-0.25, -0.2) is 14.8 Å². The molecule has 1 N–H and O–H groups in total. The zero-order valence-electron chi connectivity index (χ0n) is 23.6. The molecule has 3 aromatic heterocycles. The average molecular weight is 545 g/mol. The lowest BCUT2D eigenvalue weighted by Gasteiger charge is -2.36. The number of aromatic amines is 1. The van der Waals surface area contributed by atoms with Crippen molar-refractivity contribution in [2.45, 2.75) is 39.7 Å². The first-order valence-electron chi connectivity index (χ1n) is 13.7. The molecule has 0 aliphatic carbocycles. The highest BCUT2D eigenvalue weighted by molar-refractivity contribution is 5.77. The minimum atomic E-state index is -0.534. The summed E-state index contributed by atoms with van der Waals surface area (Å²) in [5.41, 5.74) is 4.31. The maximum Gasteiger partial charge on any atom is 0.410 e. The second-order valence-corrected chi connectivity index (χ2v) is 11.1. The summed E-state index contributed by atoms with van der Waals surface area (Å²) in [6.45, 7) is 12.9. The monoisotopic (exact) mass is 544 g/mol. The van der Waals surface area contributed by atoms with Gasteiger partial charge in [0.15, 0.2) is 0 Å². The molecule has 0 aromatic carbocycles. The van der Waals surface area contributed by atoms with E-state index in [2.05, 4.69) is 35.8 Å². The maximum atomic E-state index is 12.5. The first kappa shape index (κ1) is 27.4. The minimum absolute atomic E-state index is 0.308. The zero-order valence-corrected chi connectivity index (χ0v) is 23.6. The Morgan fingerprint density at radius 2 is 1.77 bits per heavy atom. The van der Waals surface area contributed by atoms with Gasteiger partial charge >= 0.3 is 6.09 Å². The van der Waals surface area contributed by atoms with Gasteiger partial charge in [0.1, 0.15) is 17.5 Å². The number of aromatic nitrogens is 4. The Hall–Kier alpha value is -4.17. The highest BCUT2D eigenvalue weighted by atomic mass is 16.6. The maximum absolute atomic E-state index is 12.5. The second kappa shape index (κ2) is 11.5. The van der Waals surface area contributed by atoms with Crippen LogP contribution in [-0.2, 0) is 9.47 Å². The molecule has 11 nitrogen and oxygen atoms in total. The third kappa shape index (κ3) is 6.02. The van der Waals surface area contributed by atoms with Gasteiger partial charge < -0.3 is 29.2 Å². The second-order valence-electron chi connectivity index (χ2n) is 11.1. The van der Waals surface area contributed by atoms with Gasteiger partial charge in [-0.3, -0.25) is 4.98 Å². The summed E-state index contributed by atoms with van der Waals surface area (Å²) in [4.78, 5) is 35.7. The van der Waals surface area contributed by atoms with Crippen LogP contribution in [0.1, 0.15) is 38.3 Å². The van der Waals surface area contributed by atoms with Crippen molar-refractivity contribution in [1.29, 1.82) is 5.26 Å². The molecule has 11 heteroatoms. The van der Waals surface area contributed by atoms with E-state index in [1.54, 1.807) is 23.5 Å². The molecule has 5 rings (SSSR count). The van der Waals surface area contributed by atoms with Crippen molar-refractivity contribution in [3.63, 3.8) is 0 Å². The van der Waals surface area contributed by atoms with E-state index in [0.717, 1.165) is 60.0 Å². The minimum Gasteiger partial charge on any atom is -0.444 e. The molecule has 2 aliphatic rings. The topological polar surface area (TPSA) is 124 Å². The van der Waals surface area contributed by atoms with Crippen molar-refractivity contribution in [2.24, 2.45) is 0 Å². The lowest BCUT2D eigenvalue weighted by atomic mass is 10.1. The van der Waals surface area contributed by atoms with Gasteiger partial charge in [0, 0.05) is 75.6 Å². The molecule has 1 amide bonds. The Balaban J connectivity index is 1.33. The summed E-state index contributed by atoms with van der Waals surface area (Å²) in [6, 6.07) is 6.30. The Morgan fingerprint density at radius 1 is 1.02 bits per heavy atom. The van der Waals surface area contributed by atoms with E-state index in [-0.39, 0.29) is 6.09 Å². The molecule has 40 heavy (non-hydrogen) atoms. The number of hydrogen-bond acceptors (Lipinski definition) is 9. The third-order valence-corrected chi connectivity index (χ3v) is 7.08. The molecule has 0 atom stereocenters. The highest BCUT2D eigenvalue weighted by Gasteiger charge is 2.28. The number of pyridine rings is 1. The quantitative estimate of drug-likeness (QED) is 0.519. The molecule has 5 heterocycles. The first-order valence-corrected chi connectivity index (χ1v) is 13.7. The first-order chi connectivity index (χ1) is 19.2. The Bertz CT molecular complexity index is 1370. The van der Waals surface area contributed by atoms with Gasteiger partial charge in [-0.05, 0) is 51.8 Å². The third-order valence-electron chi connectivity index (χ3n) is 7.08. The Morgan fingerprint density at radius 3 is 2.48 bits per heavy atom. The predicted molar refractivity (Wildman–Crippen MR) is 152 cm³/mol. The fourth-order valence-electron chi connectivity index (χ4n) is 4.99. The number of nitrogens with zero attached hydrogens (tertiary/aromatic N) is 7. The van der Waals surface area contributed by atoms with Crippen LogP contribution in [0, 0.1) is 18.3 Å². The van der Waals surface area contributed by atoms with Gasteiger partial charge in [0.2, 0.25) is 5.95 Å². The van der Waals surface area contributed by atoms with Crippen LogP contribution in [0.15, 0.2) is 30.7 Å². The molecule has 210 valence electrons. The van der Waals surface area contributed by atoms with Crippen LogP contribution in [0.3, 0.4) is 0 Å². The van der Waals surface area contributed by atoms with Crippen LogP contribution in [-0.4, -0.2) is 89.0 Å². The van der Waals surface area contributed by atoms with Gasteiger partial charge in [-0.1, -0.05) is 0 Å². The van der Waals surface area contributed by atoms with Gasteiger partial charge in [0.25, 0.3) is 0 Å². The van der Waals surface area contributed by atoms with E-state index in [4.69, 9.17) is 9.47 Å². The molecule has 2 saturated heterocycles. The smallest absolute Gasteiger partial charge is 0.410 e. The van der Waals surface area contributed by atoms with Crippen LogP contribution in [0.25, 0.3) is 22.5 Å². The number of amides is 1. The van der Waals surface area contributed by atoms with Crippen molar-refractivity contribution in [1.82, 2.24) is 24.8 Å². The molecule has 0 spiro atoms. The molecule has 3 aromatic rings. The van der Waals surface area contributed by atoms with Gasteiger partial charge in [-0.2, -0.15) is 5.26 Å². The number of piperazine rings is 1. The molecular weight excluding hydrogens is 508 g/mol. The summed E-state index contributed by atoms with van der Waals surface area (Å²) in [5.74, 6) is 1.46. The summed E-state index contributed by atoms with van der Waals surface area (Å²) in [5, 5.41) is 10.0. The van der Waals surface area contributed by atoms with Crippen LogP contribution in [0.5, 0.6) is 0 Å². The standard InChI is InChI=1S/C29H36N8O3/c1-20-23(17-30)26(35-9-11-37(12-10-35)28(38)40-29(2,3)4)34-25(20)21-6-7-31-24(16-21)22-18-32-27(33-19-22)36-8-5-14-39-15-13-36/h6-7,16,18-19,34H,5,8-15H2,1-4H3. The summed E-state index contributed by atoms with van der Waals surface area (Å²) in [7, 11) is 0. The van der Waals surface area contributed by atoms with Crippen molar-refractivity contribution in [3.05, 3.63) is 41.9 Å². The van der Waals surface area contributed by atoms with E-state index in [1.165, 1.54) is 0 Å². The number of carbonyl (C=O) groups excluding carboxylic acids is 1. The molecule has 0 unspecified atom stereocenters. The lowest BCUT2D eigenvalue weighted by Crippen LogP contribution is -2.50. The summed E-state index contributed by atoms with van der Waals surface area (Å²) in [6.07, 6.45) is 6.01. The number of hydrogen-bond donors (Lipinski definition) is 1. The number of nitriles is 1. The Labute approximate surface area is 234 Å². The van der Waals surface area contributed by atoms with Gasteiger partial charge in [0.05, 0.1) is 23.6 Å². The number of ether oxygens (including phenoxy) is 2. The van der Waals surface area contributed by atoms with E-state index in [0.29, 0.717) is 44.3 Å². The average Bonchev–Trinajstić information content (AvgIpc) is 3.09. The van der Waals surface area contributed by atoms with E-state index in [1.807, 2.05) is 39.8 Å². The SMILES string of the molecule is Cc1c(-c2ccnc(-c3cnc(N4CCCOCC4)nc3)c2)[nH]c(N2CCN(C(=O)OC(C)(C)C)CC2)c1C#N. The fraction of sp³-hybridized carbons (Fsp3) is 0.483. The summed E-state index contributed by atoms with van der Waals surface area (Å²) < 4.78 is 11.1. The molecule has 0 bridgehead atoms. The fourth-order valence-corrected chi connectivity index (χ4v) is 4.99. The van der Waals surface area contributed by atoms with Gasteiger partial charge in [-0.15, -0.1) is 0 Å². The predicted octanol–water partition coefficient (Wildman–Crippen LogP) is 4.00. The number of nitrogens with one attached hydrogen (secondary N) is 1. The zero-order chi connectivity index (χ0) is 28.3. The van der Waals surface area contributed by atoms with E-state index < -0.39 is 5.60 Å². The molecule has 2 aliphatic heterocycles. The van der Waals surface area contributed by atoms with Crippen LogP contribution in [0.2, 0.25) is 0 Å². The van der Waals surface area contributed by atoms with Crippen molar-refractivity contribution in [3.8, 4) is 28.6 Å². The highest BCUT2D eigenvalue weighted by Crippen LogP contribution is 2.34. The van der Waals surface area contributed by atoms with Crippen molar-refractivity contribution < 1.29 is 14.3 Å². The largest absolute Gasteiger partial charge is 0.444 e. The van der Waals surface area contributed by atoms with E-state index >= 15 is 0 Å². The molecule has 2 fully saturated rings. The van der Waals surface area contributed by atoms with Crippen LogP contribution < -0.4 is 9.80 Å². The lowest BCUT2D eigenvalue weighted by molar-refractivity contribution is 0.0240. The normalized spacial score (nSPS) is 16.4. The number of H-pyrrole nitrogens is 1. The molecule has 0 saturated carbocycles. The van der Waals surface area contributed by atoms with Crippen molar-refractivity contribution in [2.75, 3.05) is 62.3 Å². The molecule has 0 radical (unpaired) electrons. The summed E-state index contributed by atoms with van der Waals surface area (Å²) >= 11 is 0. The molecular formula is C29H36N8O3. The van der Waals surface area contributed by atoms with E-state index in [9.17, 15) is 10.1 Å². The number of rotatable bonds is 4. The Kier molecular flexibility index (Phi) is 7.89. The van der Waals surface area contributed by atoms with Crippen LogP contribution >= 0.6 is 0 Å². The van der Waals surface area contributed by atoms with Crippen LogP contribution in [0.4, 0.5) is 16.6 Å².